The highest BCUT2D eigenvalue weighted by Gasteiger charge is 2.09. The Bertz CT molecular complexity index is 789. The van der Waals surface area contributed by atoms with Gasteiger partial charge in [-0.25, -0.2) is 4.98 Å². The van der Waals surface area contributed by atoms with Crippen LogP contribution in [0, 0.1) is 0 Å². The van der Waals surface area contributed by atoms with Crippen molar-refractivity contribution >= 4 is 17.3 Å². The molecular formula is C19H18N4O. The average molecular weight is 318 g/mol. The SMILES string of the molecule is CN(c1ccccc1)c1ccc(C(=O)NCc2cccnc2)nc1. The summed E-state index contributed by atoms with van der Waals surface area (Å²) in [6.07, 6.45) is 5.13. The van der Waals surface area contributed by atoms with Crippen molar-refractivity contribution in [3.05, 3.63) is 84.4 Å². The predicted molar refractivity (Wildman–Crippen MR) is 94.1 cm³/mol. The molecule has 0 saturated carbocycles. The molecule has 1 N–H and O–H groups in total. The Hall–Kier alpha value is -3.21. The quantitative estimate of drug-likeness (QED) is 0.785. The Balaban J connectivity index is 1.64. The molecule has 120 valence electrons. The third-order valence-corrected chi connectivity index (χ3v) is 3.69. The van der Waals surface area contributed by atoms with E-state index in [2.05, 4.69) is 15.3 Å². The van der Waals surface area contributed by atoms with Crippen molar-refractivity contribution in [2.75, 3.05) is 11.9 Å². The van der Waals surface area contributed by atoms with E-state index in [1.165, 1.54) is 0 Å². The molecule has 1 aromatic carbocycles. The number of hydrogen-bond acceptors (Lipinski definition) is 4. The van der Waals surface area contributed by atoms with Gasteiger partial charge in [-0.1, -0.05) is 24.3 Å². The third kappa shape index (κ3) is 3.76. The summed E-state index contributed by atoms with van der Waals surface area (Å²) in [6, 6.07) is 17.4. The fraction of sp³-hybridized carbons (Fsp3) is 0.105. The second-order valence-electron chi connectivity index (χ2n) is 5.34. The lowest BCUT2D eigenvalue weighted by Gasteiger charge is -2.19. The first-order valence-electron chi connectivity index (χ1n) is 7.66. The second-order valence-corrected chi connectivity index (χ2v) is 5.34. The first kappa shape index (κ1) is 15.7. The smallest absolute Gasteiger partial charge is 0.270 e. The summed E-state index contributed by atoms with van der Waals surface area (Å²) < 4.78 is 0. The summed E-state index contributed by atoms with van der Waals surface area (Å²) >= 11 is 0. The van der Waals surface area contributed by atoms with Crippen LogP contribution >= 0.6 is 0 Å². The molecule has 2 aromatic heterocycles. The number of para-hydroxylation sites is 1. The molecule has 1 amide bonds. The first-order chi connectivity index (χ1) is 11.7. The van der Waals surface area contributed by atoms with Gasteiger partial charge in [0.05, 0.1) is 11.9 Å². The van der Waals surface area contributed by atoms with E-state index in [-0.39, 0.29) is 5.91 Å². The maximum Gasteiger partial charge on any atom is 0.270 e. The van der Waals surface area contributed by atoms with Crippen LogP contribution in [0.25, 0.3) is 0 Å². The molecule has 0 aliphatic rings. The van der Waals surface area contributed by atoms with Crippen molar-refractivity contribution in [1.29, 1.82) is 0 Å². The maximum atomic E-state index is 12.2. The van der Waals surface area contributed by atoms with Crippen LogP contribution in [-0.4, -0.2) is 22.9 Å². The number of hydrogen-bond donors (Lipinski definition) is 1. The molecule has 0 fully saturated rings. The molecule has 5 nitrogen and oxygen atoms in total. The maximum absolute atomic E-state index is 12.2. The van der Waals surface area contributed by atoms with E-state index in [1.807, 2.05) is 60.5 Å². The Morgan fingerprint density at radius 2 is 1.83 bits per heavy atom. The fourth-order valence-corrected chi connectivity index (χ4v) is 2.30. The number of carbonyl (C=O) groups is 1. The van der Waals surface area contributed by atoms with Gasteiger partial charge in [-0.05, 0) is 35.9 Å². The van der Waals surface area contributed by atoms with E-state index in [1.54, 1.807) is 24.7 Å². The lowest BCUT2D eigenvalue weighted by atomic mass is 10.2. The third-order valence-electron chi connectivity index (χ3n) is 3.69. The van der Waals surface area contributed by atoms with Crippen molar-refractivity contribution < 1.29 is 4.79 Å². The standard InChI is InChI=1S/C19H18N4O/c1-23(16-7-3-2-4-8-16)17-9-10-18(21-14-17)19(24)22-13-15-6-5-11-20-12-15/h2-12,14H,13H2,1H3,(H,22,24). The van der Waals surface area contributed by atoms with Gasteiger partial charge in [0, 0.05) is 31.7 Å². The van der Waals surface area contributed by atoms with Crippen LogP contribution in [0.4, 0.5) is 11.4 Å². The topological polar surface area (TPSA) is 58.1 Å². The highest BCUT2D eigenvalue weighted by molar-refractivity contribution is 5.92. The molecule has 0 atom stereocenters. The number of pyridine rings is 2. The lowest BCUT2D eigenvalue weighted by molar-refractivity contribution is 0.0946. The minimum absolute atomic E-state index is 0.201. The number of carbonyl (C=O) groups excluding carboxylic acids is 1. The Labute approximate surface area is 141 Å². The van der Waals surface area contributed by atoms with E-state index in [4.69, 9.17) is 0 Å². The van der Waals surface area contributed by atoms with E-state index in [9.17, 15) is 4.79 Å². The highest BCUT2D eigenvalue weighted by Crippen LogP contribution is 2.22. The van der Waals surface area contributed by atoms with E-state index in [0.29, 0.717) is 12.2 Å². The van der Waals surface area contributed by atoms with Gasteiger partial charge >= 0.3 is 0 Å². The molecular weight excluding hydrogens is 300 g/mol. The summed E-state index contributed by atoms with van der Waals surface area (Å²) in [5.41, 5.74) is 3.33. The zero-order chi connectivity index (χ0) is 16.8. The number of nitrogens with one attached hydrogen (secondary N) is 1. The van der Waals surface area contributed by atoms with Crippen LogP contribution in [-0.2, 0) is 6.54 Å². The Morgan fingerprint density at radius 1 is 1.00 bits per heavy atom. The molecule has 3 aromatic rings. The number of aromatic nitrogens is 2. The van der Waals surface area contributed by atoms with Crippen LogP contribution < -0.4 is 10.2 Å². The summed E-state index contributed by atoms with van der Waals surface area (Å²) in [6.45, 7) is 0.431. The summed E-state index contributed by atoms with van der Waals surface area (Å²) in [7, 11) is 1.97. The van der Waals surface area contributed by atoms with Crippen LogP contribution in [0.15, 0.2) is 73.2 Å². The molecule has 24 heavy (non-hydrogen) atoms. The van der Waals surface area contributed by atoms with Crippen LogP contribution in [0.1, 0.15) is 16.1 Å². The van der Waals surface area contributed by atoms with Crippen LogP contribution in [0.5, 0.6) is 0 Å². The number of benzene rings is 1. The molecule has 0 bridgehead atoms. The zero-order valence-corrected chi connectivity index (χ0v) is 13.4. The van der Waals surface area contributed by atoms with E-state index >= 15 is 0 Å². The van der Waals surface area contributed by atoms with Crippen molar-refractivity contribution in [3.63, 3.8) is 0 Å². The molecule has 3 rings (SSSR count). The molecule has 5 heteroatoms. The molecule has 0 spiro atoms. The number of amides is 1. The van der Waals surface area contributed by atoms with Gasteiger partial charge in [0.15, 0.2) is 0 Å². The molecule has 0 aliphatic heterocycles. The molecule has 0 radical (unpaired) electrons. The Kier molecular flexibility index (Phi) is 4.81. The van der Waals surface area contributed by atoms with Crippen molar-refractivity contribution in [2.24, 2.45) is 0 Å². The highest BCUT2D eigenvalue weighted by atomic mass is 16.1. The average Bonchev–Trinajstić information content (AvgIpc) is 2.67. The lowest BCUT2D eigenvalue weighted by Crippen LogP contribution is -2.24. The monoisotopic (exact) mass is 318 g/mol. The van der Waals surface area contributed by atoms with Crippen molar-refractivity contribution in [2.45, 2.75) is 6.54 Å². The van der Waals surface area contributed by atoms with Gasteiger partial charge in [0.2, 0.25) is 0 Å². The first-order valence-corrected chi connectivity index (χ1v) is 7.66. The largest absolute Gasteiger partial charge is 0.347 e. The van der Waals surface area contributed by atoms with E-state index in [0.717, 1.165) is 16.9 Å². The Morgan fingerprint density at radius 3 is 2.50 bits per heavy atom. The number of nitrogens with zero attached hydrogens (tertiary/aromatic N) is 3. The zero-order valence-electron chi connectivity index (χ0n) is 13.4. The van der Waals surface area contributed by atoms with E-state index < -0.39 is 0 Å². The number of rotatable bonds is 5. The van der Waals surface area contributed by atoms with Gasteiger partial charge in [-0.3, -0.25) is 9.78 Å². The van der Waals surface area contributed by atoms with Gasteiger partial charge in [-0.15, -0.1) is 0 Å². The van der Waals surface area contributed by atoms with Gasteiger partial charge in [-0.2, -0.15) is 0 Å². The summed E-state index contributed by atoms with van der Waals surface area (Å²) in [4.78, 5) is 22.5. The van der Waals surface area contributed by atoms with Crippen LogP contribution in [0.2, 0.25) is 0 Å². The van der Waals surface area contributed by atoms with Gasteiger partial charge in [0.1, 0.15) is 5.69 Å². The van der Waals surface area contributed by atoms with Crippen LogP contribution in [0.3, 0.4) is 0 Å². The molecule has 0 saturated heterocycles. The van der Waals surface area contributed by atoms with Crippen molar-refractivity contribution in [1.82, 2.24) is 15.3 Å². The minimum atomic E-state index is -0.201. The van der Waals surface area contributed by atoms with Crippen molar-refractivity contribution in [3.8, 4) is 0 Å². The number of anilines is 2. The van der Waals surface area contributed by atoms with Gasteiger partial charge < -0.3 is 10.2 Å². The predicted octanol–water partition coefficient (Wildman–Crippen LogP) is 3.17. The summed E-state index contributed by atoms with van der Waals surface area (Å²) in [5, 5.41) is 2.84. The van der Waals surface area contributed by atoms with Gasteiger partial charge in [0.25, 0.3) is 5.91 Å². The normalized spacial score (nSPS) is 10.2. The molecule has 0 unspecified atom stereocenters. The summed E-state index contributed by atoms with van der Waals surface area (Å²) in [5.74, 6) is -0.201. The minimum Gasteiger partial charge on any atom is -0.347 e. The fourth-order valence-electron chi connectivity index (χ4n) is 2.30. The molecule has 0 aliphatic carbocycles. The second kappa shape index (κ2) is 7.37. The molecule has 2 heterocycles.